The molecule has 0 aromatic carbocycles. The van der Waals surface area contributed by atoms with Crippen molar-refractivity contribution < 1.29 is 23.1 Å². The number of rotatable bonds is 1. The molecule has 0 saturated heterocycles. The van der Waals surface area contributed by atoms with E-state index in [2.05, 4.69) is 4.98 Å². The summed E-state index contributed by atoms with van der Waals surface area (Å²) in [5.74, 6) is -2.76. The van der Waals surface area contributed by atoms with E-state index in [0.717, 1.165) is 5.69 Å². The number of hydrogen-bond donors (Lipinski definition) is 2. The quantitative estimate of drug-likeness (QED) is 0.774. The Labute approximate surface area is 89.9 Å². The van der Waals surface area contributed by atoms with Crippen molar-refractivity contribution in [1.82, 2.24) is 4.98 Å². The number of hydrogen-bond acceptors (Lipinski definition) is 3. The average Bonchev–Trinajstić information content (AvgIpc) is 2.18. The third kappa shape index (κ3) is 5.30. The fraction of sp³-hybridized carbons (Fsp3) is 0.333. The summed E-state index contributed by atoms with van der Waals surface area (Å²) in [5, 5.41) is 7.12. The van der Waals surface area contributed by atoms with Gasteiger partial charge >= 0.3 is 12.1 Å². The molecule has 16 heavy (non-hydrogen) atoms. The summed E-state index contributed by atoms with van der Waals surface area (Å²) in [6.45, 7) is 2.54. The largest absolute Gasteiger partial charge is 0.490 e. The SMILES string of the molecule is Cc1cccnc1CN.O=C(O)C(F)(F)F. The van der Waals surface area contributed by atoms with Crippen LogP contribution in [0, 0.1) is 6.92 Å². The zero-order chi connectivity index (χ0) is 12.8. The van der Waals surface area contributed by atoms with Crippen LogP contribution in [0.3, 0.4) is 0 Å². The Balaban J connectivity index is 0.000000293. The molecule has 90 valence electrons. The molecule has 0 atom stereocenters. The van der Waals surface area contributed by atoms with E-state index < -0.39 is 12.1 Å². The van der Waals surface area contributed by atoms with Gasteiger partial charge < -0.3 is 10.8 Å². The summed E-state index contributed by atoms with van der Waals surface area (Å²) in [7, 11) is 0. The maximum absolute atomic E-state index is 10.6. The third-order valence-corrected chi connectivity index (χ3v) is 1.55. The number of nitrogens with two attached hydrogens (primary N) is 1. The van der Waals surface area contributed by atoms with Gasteiger partial charge in [0.05, 0.1) is 5.69 Å². The number of carboxylic acids is 1. The Morgan fingerprint density at radius 1 is 1.56 bits per heavy atom. The molecule has 0 radical (unpaired) electrons. The lowest BCUT2D eigenvalue weighted by Crippen LogP contribution is -2.21. The van der Waals surface area contributed by atoms with Gasteiger partial charge in [0.25, 0.3) is 0 Å². The first-order valence-corrected chi connectivity index (χ1v) is 4.19. The van der Waals surface area contributed by atoms with E-state index in [1.807, 2.05) is 19.1 Å². The molecule has 1 rings (SSSR count). The number of aromatic nitrogens is 1. The topological polar surface area (TPSA) is 76.2 Å². The van der Waals surface area contributed by atoms with Gasteiger partial charge in [0.2, 0.25) is 0 Å². The number of alkyl halides is 3. The Kier molecular flexibility index (Phi) is 5.44. The van der Waals surface area contributed by atoms with Crippen molar-refractivity contribution in [3.8, 4) is 0 Å². The summed E-state index contributed by atoms with van der Waals surface area (Å²) in [4.78, 5) is 13.0. The van der Waals surface area contributed by atoms with Crippen molar-refractivity contribution >= 4 is 5.97 Å². The molecule has 4 nitrogen and oxygen atoms in total. The van der Waals surface area contributed by atoms with Crippen molar-refractivity contribution in [3.63, 3.8) is 0 Å². The smallest absolute Gasteiger partial charge is 0.475 e. The van der Waals surface area contributed by atoms with Gasteiger partial charge in [-0.3, -0.25) is 4.98 Å². The molecule has 3 N–H and O–H groups in total. The fourth-order valence-corrected chi connectivity index (χ4v) is 0.732. The number of aliphatic carboxylic acids is 1. The van der Waals surface area contributed by atoms with E-state index in [1.165, 1.54) is 5.56 Å². The zero-order valence-electron chi connectivity index (χ0n) is 8.45. The Morgan fingerprint density at radius 3 is 2.31 bits per heavy atom. The van der Waals surface area contributed by atoms with E-state index in [9.17, 15) is 13.2 Å². The molecular formula is C9H11F3N2O2. The highest BCUT2D eigenvalue weighted by molar-refractivity contribution is 5.73. The van der Waals surface area contributed by atoms with Gasteiger partial charge in [0, 0.05) is 12.7 Å². The molecule has 1 heterocycles. The second-order valence-electron chi connectivity index (χ2n) is 2.77. The Hall–Kier alpha value is -1.63. The van der Waals surface area contributed by atoms with E-state index >= 15 is 0 Å². The van der Waals surface area contributed by atoms with Gasteiger partial charge in [-0.25, -0.2) is 4.79 Å². The predicted octanol–water partition coefficient (Wildman–Crippen LogP) is 1.48. The summed E-state index contributed by atoms with van der Waals surface area (Å²) >= 11 is 0. The maximum atomic E-state index is 10.6. The first-order valence-electron chi connectivity index (χ1n) is 4.19. The fourth-order valence-electron chi connectivity index (χ4n) is 0.732. The molecule has 0 aliphatic heterocycles. The van der Waals surface area contributed by atoms with Crippen LogP contribution >= 0.6 is 0 Å². The molecule has 0 fully saturated rings. The second-order valence-corrected chi connectivity index (χ2v) is 2.77. The molecule has 0 unspecified atom stereocenters. The molecule has 7 heteroatoms. The number of nitrogens with zero attached hydrogens (tertiary/aromatic N) is 1. The summed E-state index contributed by atoms with van der Waals surface area (Å²) < 4.78 is 31.7. The van der Waals surface area contributed by atoms with Crippen LogP contribution < -0.4 is 5.73 Å². The molecule has 0 amide bonds. The molecule has 0 spiro atoms. The van der Waals surface area contributed by atoms with Crippen LogP contribution in [0.5, 0.6) is 0 Å². The lowest BCUT2D eigenvalue weighted by molar-refractivity contribution is -0.192. The van der Waals surface area contributed by atoms with E-state index in [1.54, 1.807) is 6.20 Å². The van der Waals surface area contributed by atoms with Gasteiger partial charge in [0.15, 0.2) is 0 Å². The lowest BCUT2D eigenvalue weighted by Gasteiger charge is -1.97. The molecule has 0 aliphatic carbocycles. The number of aryl methyl sites for hydroxylation is 1. The summed E-state index contributed by atoms with van der Waals surface area (Å²) in [6.07, 6.45) is -3.32. The van der Waals surface area contributed by atoms with Crippen LogP contribution in [0.1, 0.15) is 11.3 Å². The third-order valence-electron chi connectivity index (χ3n) is 1.55. The minimum atomic E-state index is -5.08. The predicted molar refractivity (Wildman–Crippen MR) is 50.6 cm³/mol. The standard InChI is InChI=1S/C7H10N2.C2HF3O2/c1-6-3-2-4-9-7(6)5-8;3-2(4,5)1(6)7/h2-4H,5,8H2,1H3;(H,6,7). The molecule has 1 aromatic rings. The highest BCUT2D eigenvalue weighted by Crippen LogP contribution is 2.13. The number of pyridine rings is 1. The van der Waals surface area contributed by atoms with Crippen LogP contribution in [-0.4, -0.2) is 22.2 Å². The first kappa shape index (κ1) is 14.4. The lowest BCUT2D eigenvalue weighted by atomic mass is 10.2. The highest BCUT2D eigenvalue weighted by Gasteiger charge is 2.38. The average molecular weight is 236 g/mol. The monoisotopic (exact) mass is 236 g/mol. The zero-order valence-corrected chi connectivity index (χ0v) is 8.45. The number of carboxylic acid groups (broad SMARTS) is 1. The molecule has 1 aromatic heterocycles. The van der Waals surface area contributed by atoms with Crippen molar-refractivity contribution in [2.24, 2.45) is 5.73 Å². The molecular weight excluding hydrogens is 225 g/mol. The second kappa shape index (κ2) is 6.06. The number of carbonyl (C=O) groups is 1. The van der Waals surface area contributed by atoms with Crippen molar-refractivity contribution in [3.05, 3.63) is 29.6 Å². The van der Waals surface area contributed by atoms with Gasteiger partial charge in [-0.1, -0.05) is 6.07 Å². The van der Waals surface area contributed by atoms with Gasteiger partial charge in [0.1, 0.15) is 0 Å². The number of halogens is 3. The van der Waals surface area contributed by atoms with Crippen molar-refractivity contribution in [2.75, 3.05) is 0 Å². The molecule has 0 saturated carbocycles. The van der Waals surface area contributed by atoms with Crippen LogP contribution in [-0.2, 0) is 11.3 Å². The van der Waals surface area contributed by atoms with Crippen LogP contribution in [0.15, 0.2) is 18.3 Å². The van der Waals surface area contributed by atoms with Gasteiger partial charge in [-0.2, -0.15) is 13.2 Å². The summed E-state index contributed by atoms with van der Waals surface area (Å²) in [6, 6.07) is 3.92. The van der Waals surface area contributed by atoms with Crippen molar-refractivity contribution in [1.29, 1.82) is 0 Å². The first-order chi connectivity index (χ1) is 7.29. The summed E-state index contributed by atoms with van der Waals surface area (Å²) in [5.41, 5.74) is 7.54. The van der Waals surface area contributed by atoms with Crippen LogP contribution in [0.2, 0.25) is 0 Å². The molecule has 0 aliphatic rings. The van der Waals surface area contributed by atoms with E-state index in [-0.39, 0.29) is 0 Å². The van der Waals surface area contributed by atoms with Crippen molar-refractivity contribution in [2.45, 2.75) is 19.6 Å². The van der Waals surface area contributed by atoms with Gasteiger partial charge in [-0.05, 0) is 18.6 Å². The maximum Gasteiger partial charge on any atom is 0.490 e. The Bertz CT molecular complexity index is 353. The van der Waals surface area contributed by atoms with E-state index in [4.69, 9.17) is 15.6 Å². The highest BCUT2D eigenvalue weighted by atomic mass is 19.4. The van der Waals surface area contributed by atoms with E-state index in [0.29, 0.717) is 6.54 Å². The normalized spacial score (nSPS) is 10.3. The van der Waals surface area contributed by atoms with Crippen LogP contribution in [0.25, 0.3) is 0 Å². The minimum absolute atomic E-state index is 0.534. The Morgan fingerprint density at radius 2 is 2.06 bits per heavy atom. The van der Waals surface area contributed by atoms with Gasteiger partial charge in [-0.15, -0.1) is 0 Å². The molecule has 0 bridgehead atoms. The minimum Gasteiger partial charge on any atom is -0.475 e. The van der Waals surface area contributed by atoms with Crippen LogP contribution in [0.4, 0.5) is 13.2 Å².